The van der Waals surface area contributed by atoms with Gasteiger partial charge in [-0.2, -0.15) is 0 Å². The third-order valence-electron chi connectivity index (χ3n) is 2.68. The molecular weight excluding hydrogens is 262 g/mol. The largest absolute Gasteiger partial charge is 0.323 e. The van der Waals surface area contributed by atoms with Crippen LogP contribution in [-0.4, -0.2) is 5.75 Å². The third-order valence-corrected chi connectivity index (χ3v) is 3.81. The van der Waals surface area contributed by atoms with Crippen LogP contribution in [0.5, 0.6) is 0 Å². The lowest BCUT2D eigenvalue weighted by Crippen LogP contribution is -2.12. The Morgan fingerprint density at radius 2 is 1.61 bits per heavy atom. The van der Waals surface area contributed by atoms with Gasteiger partial charge in [-0.25, -0.2) is 0 Å². The van der Waals surface area contributed by atoms with Gasteiger partial charge < -0.3 is 5.73 Å². The maximum absolute atomic E-state index is 6.15. The van der Waals surface area contributed by atoms with Crippen LogP contribution in [0, 0.1) is 6.92 Å². The van der Waals surface area contributed by atoms with E-state index in [-0.39, 0.29) is 18.4 Å². The molecule has 0 amide bonds. The van der Waals surface area contributed by atoms with Crippen LogP contribution in [0.1, 0.15) is 17.2 Å². The first-order valence-corrected chi connectivity index (χ1v) is 6.74. The van der Waals surface area contributed by atoms with E-state index < -0.39 is 0 Å². The number of rotatable bonds is 4. The number of benzene rings is 2. The molecule has 0 heterocycles. The van der Waals surface area contributed by atoms with Gasteiger partial charge in [0.2, 0.25) is 0 Å². The van der Waals surface area contributed by atoms with E-state index in [1.54, 1.807) is 0 Å². The fraction of sp³-hybridized carbons (Fsp3) is 0.200. The summed E-state index contributed by atoms with van der Waals surface area (Å²) in [6.45, 7) is 2.10. The van der Waals surface area contributed by atoms with Crippen LogP contribution in [0.25, 0.3) is 0 Å². The highest BCUT2D eigenvalue weighted by molar-refractivity contribution is 7.99. The Kier molecular flexibility index (Phi) is 6.27. The van der Waals surface area contributed by atoms with Crippen LogP contribution in [0.15, 0.2) is 59.5 Å². The molecule has 0 aliphatic carbocycles. The molecule has 2 rings (SSSR count). The average molecular weight is 280 g/mol. The van der Waals surface area contributed by atoms with E-state index >= 15 is 0 Å². The zero-order valence-electron chi connectivity index (χ0n) is 10.4. The summed E-state index contributed by atoms with van der Waals surface area (Å²) in [5, 5.41) is 0. The van der Waals surface area contributed by atoms with Crippen molar-refractivity contribution in [3.63, 3.8) is 0 Å². The summed E-state index contributed by atoms with van der Waals surface area (Å²) in [7, 11) is 0. The molecule has 2 N–H and O–H groups in total. The predicted molar refractivity (Wildman–Crippen MR) is 82.5 cm³/mol. The molecule has 0 aromatic heterocycles. The standard InChI is InChI=1S/C15H17NS.ClH/c1-12-7-9-14(10-8-12)17-11-15(16)13-5-3-2-4-6-13;/h2-10,15H,11,16H2,1H3;1H. The Balaban J connectivity index is 0.00000162. The molecular formula is C15H18ClNS. The van der Waals surface area contributed by atoms with Crippen LogP contribution in [-0.2, 0) is 0 Å². The maximum Gasteiger partial charge on any atom is 0.0390 e. The molecule has 0 radical (unpaired) electrons. The topological polar surface area (TPSA) is 26.0 Å². The molecule has 0 saturated heterocycles. The lowest BCUT2D eigenvalue weighted by molar-refractivity contribution is 0.831. The fourth-order valence-corrected chi connectivity index (χ4v) is 2.51. The number of thioether (sulfide) groups is 1. The zero-order chi connectivity index (χ0) is 12.1. The summed E-state index contributed by atoms with van der Waals surface area (Å²) in [6, 6.07) is 18.9. The molecule has 1 unspecified atom stereocenters. The summed E-state index contributed by atoms with van der Waals surface area (Å²) in [5.74, 6) is 0.910. The number of hydrogen-bond donors (Lipinski definition) is 1. The van der Waals surface area contributed by atoms with Crippen molar-refractivity contribution in [2.24, 2.45) is 5.73 Å². The normalized spacial score (nSPS) is 11.7. The molecule has 0 saturated carbocycles. The highest BCUT2D eigenvalue weighted by Crippen LogP contribution is 2.23. The first-order chi connectivity index (χ1) is 8.25. The van der Waals surface area contributed by atoms with E-state index in [1.165, 1.54) is 16.0 Å². The Morgan fingerprint density at radius 3 is 2.22 bits per heavy atom. The Morgan fingerprint density at radius 1 is 1.00 bits per heavy atom. The molecule has 1 nitrogen and oxygen atoms in total. The van der Waals surface area contributed by atoms with Gasteiger partial charge in [0.1, 0.15) is 0 Å². The molecule has 0 fully saturated rings. The van der Waals surface area contributed by atoms with Gasteiger partial charge in [-0.1, -0.05) is 48.0 Å². The van der Waals surface area contributed by atoms with Crippen LogP contribution in [0.2, 0.25) is 0 Å². The summed E-state index contributed by atoms with van der Waals surface area (Å²) in [6.07, 6.45) is 0. The van der Waals surface area contributed by atoms with Gasteiger partial charge in [0.25, 0.3) is 0 Å². The van der Waals surface area contributed by atoms with Crippen molar-refractivity contribution in [1.82, 2.24) is 0 Å². The molecule has 96 valence electrons. The number of hydrogen-bond acceptors (Lipinski definition) is 2. The van der Waals surface area contributed by atoms with Crippen molar-refractivity contribution in [1.29, 1.82) is 0 Å². The molecule has 0 bridgehead atoms. The quantitative estimate of drug-likeness (QED) is 0.849. The number of aryl methyl sites for hydroxylation is 1. The van der Waals surface area contributed by atoms with Gasteiger partial charge in [-0.05, 0) is 24.6 Å². The molecule has 2 aromatic carbocycles. The predicted octanol–water partition coefficient (Wildman–Crippen LogP) is 4.21. The SMILES string of the molecule is Cc1ccc(SCC(N)c2ccccc2)cc1.Cl. The second-order valence-electron chi connectivity index (χ2n) is 4.14. The lowest BCUT2D eigenvalue weighted by atomic mass is 10.1. The minimum absolute atomic E-state index is 0. The number of halogens is 1. The molecule has 0 aliphatic heterocycles. The van der Waals surface area contributed by atoms with Crippen LogP contribution in [0.3, 0.4) is 0 Å². The van der Waals surface area contributed by atoms with Crippen molar-refractivity contribution >= 4 is 24.2 Å². The average Bonchev–Trinajstić information content (AvgIpc) is 2.39. The van der Waals surface area contributed by atoms with Gasteiger partial charge in [0.15, 0.2) is 0 Å². The van der Waals surface area contributed by atoms with Crippen LogP contribution >= 0.6 is 24.2 Å². The van der Waals surface area contributed by atoms with Gasteiger partial charge in [-0.15, -0.1) is 24.2 Å². The molecule has 0 aliphatic rings. The summed E-state index contributed by atoms with van der Waals surface area (Å²) in [5.41, 5.74) is 8.65. The molecule has 18 heavy (non-hydrogen) atoms. The Labute approximate surface area is 119 Å². The van der Waals surface area contributed by atoms with Crippen molar-refractivity contribution in [3.8, 4) is 0 Å². The van der Waals surface area contributed by atoms with Crippen LogP contribution in [0.4, 0.5) is 0 Å². The number of nitrogens with two attached hydrogens (primary N) is 1. The highest BCUT2D eigenvalue weighted by atomic mass is 35.5. The van der Waals surface area contributed by atoms with E-state index in [0.717, 1.165) is 5.75 Å². The van der Waals surface area contributed by atoms with E-state index in [2.05, 4.69) is 43.3 Å². The smallest absolute Gasteiger partial charge is 0.0390 e. The molecule has 1 atom stereocenters. The minimum atomic E-state index is 0. The van der Waals surface area contributed by atoms with Crippen molar-refractivity contribution < 1.29 is 0 Å². The third kappa shape index (κ3) is 4.37. The summed E-state index contributed by atoms with van der Waals surface area (Å²) in [4.78, 5) is 1.28. The second-order valence-corrected chi connectivity index (χ2v) is 5.23. The van der Waals surface area contributed by atoms with Crippen LogP contribution < -0.4 is 5.73 Å². The van der Waals surface area contributed by atoms with E-state index in [9.17, 15) is 0 Å². The highest BCUT2D eigenvalue weighted by Gasteiger charge is 2.05. The van der Waals surface area contributed by atoms with Crippen molar-refractivity contribution in [3.05, 3.63) is 65.7 Å². The van der Waals surface area contributed by atoms with Crippen molar-refractivity contribution in [2.75, 3.05) is 5.75 Å². The monoisotopic (exact) mass is 279 g/mol. The van der Waals surface area contributed by atoms with Gasteiger partial charge in [0, 0.05) is 16.7 Å². The van der Waals surface area contributed by atoms with Gasteiger partial charge >= 0.3 is 0 Å². The Hall–Kier alpha value is -0.960. The van der Waals surface area contributed by atoms with E-state index in [1.807, 2.05) is 30.0 Å². The zero-order valence-corrected chi connectivity index (χ0v) is 12.0. The van der Waals surface area contributed by atoms with E-state index in [4.69, 9.17) is 5.73 Å². The molecule has 0 spiro atoms. The first-order valence-electron chi connectivity index (χ1n) is 5.76. The Bertz CT molecular complexity index is 456. The maximum atomic E-state index is 6.15. The van der Waals surface area contributed by atoms with Crippen molar-refractivity contribution in [2.45, 2.75) is 17.9 Å². The second kappa shape index (κ2) is 7.47. The van der Waals surface area contributed by atoms with Gasteiger partial charge in [-0.3, -0.25) is 0 Å². The fourth-order valence-electron chi connectivity index (χ4n) is 1.62. The van der Waals surface area contributed by atoms with E-state index in [0.29, 0.717) is 0 Å². The lowest BCUT2D eigenvalue weighted by Gasteiger charge is -2.11. The summed E-state index contributed by atoms with van der Waals surface area (Å²) >= 11 is 1.81. The molecule has 2 aromatic rings. The minimum Gasteiger partial charge on any atom is -0.323 e. The first kappa shape index (κ1) is 15.1. The molecule has 3 heteroatoms. The summed E-state index contributed by atoms with van der Waals surface area (Å²) < 4.78 is 0. The van der Waals surface area contributed by atoms with Gasteiger partial charge in [0.05, 0.1) is 0 Å².